The summed E-state index contributed by atoms with van der Waals surface area (Å²) < 4.78 is 6.54. The van der Waals surface area contributed by atoms with Crippen LogP contribution in [-0.4, -0.2) is 31.7 Å². The van der Waals surface area contributed by atoms with Gasteiger partial charge in [-0.05, 0) is 49.4 Å². The van der Waals surface area contributed by atoms with Crippen molar-refractivity contribution in [1.29, 1.82) is 0 Å². The van der Waals surface area contributed by atoms with Gasteiger partial charge >= 0.3 is 0 Å². The van der Waals surface area contributed by atoms with Gasteiger partial charge in [0, 0.05) is 16.3 Å². The van der Waals surface area contributed by atoms with Crippen LogP contribution < -0.4 is 10.1 Å². The normalized spacial score (nSPS) is 12.4. The third kappa shape index (κ3) is 5.21. The zero-order valence-electron chi connectivity index (χ0n) is 11.3. The lowest BCUT2D eigenvalue weighted by atomic mass is 10.1. The van der Waals surface area contributed by atoms with Crippen LogP contribution in [0.1, 0.15) is 18.9 Å². The van der Waals surface area contributed by atoms with Gasteiger partial charge in [0.1, 0.15) is 5.75 Å². The molecule has 0 heterocycles. The van der Waals surface area contributed by atoms with E-state index >= 15 is 0 Å². The molecule has 0 bridgehead atoms. The van der Waals surface area contributed by atoms with Crippen molar-refractivity contribution in [3.63, 3.8) is 0 Å². The van der Waals surface area contributed by atoms with Crippen LogP contribution in [0.5, 0.6) is 5.75 Å². The van der Waals surface area contributed by atoms with E-state index in [0.29, 0.717) is 6.04 Å². The van der Waals surface area contributed by atoms with Crippen molar-refractivity contribution >= 4 is 27.7 Å². The molecule has 102 valence electrons. The van der Waals surface area contributed by atoms with Crippen LogP contribution in [0, 0.1) is 0 Å². The first kappa shape index (κ1) is 15.9. The molecule has 0 fully saturated rings. The SMILES string of the molecule is CCCNC(CSC)Cc1cc(Br)ccc1OC. The summed E-state index contributed by atoms with van der Waals surface area (Å²) in [4.78, 5) is 0. The predicted molar refractivity (Wildman–Crippen MR) is 84.9 cm³/mol. The summed E-state index contributed by atoms with van der Waals surface area (Å²) in [5.74, 6) is 2.10. The first-order chi connectivity index (χ1) is 8.71. The molecule has 0 radical (unpaired) electrons. The fraction of sp³-hybridized carbons (Fsp3) is 0.571. The zero-order chi connectivity index (χ0) is 13.4. The van der Waals surface area contributed by atoms with Crippen molar-refractivity contribution < 1.29 is 4.74 Å². The zero-order valence-corrected chi connectivity index (χ0v) is 13.7. The lowest BCUT2D eigenvalue weighted by molar-refractivity contribution is 0.406. The molecule has 0 spiro atoms. The number of benzene rings is 1. The Hall–Kier alpha value is -0.190. The molecule has 1 N–H and O–H groups in total. The molecular weight excluding hydrogens is 310 g/mol. The minimum atomic E-state index is 0.503. The minimum Gasteiger partial charge on any atom is -0.496 e. The third-order valence-corrected chi connectivity index (χ3v) is 3.99. The van der Waals surface area contributed by atoms with E-state index < -0.39 is 0 Å². The number of methoxy groups -OCH3 is 1. The Balaban J connectivity index is 2.74. The topological polar surface area (TPSA) is 21.3 Å². The predicted octanol–water partition coefficient (Wildman–Crippen LogP) is 3.73. The van der Waals surface area contributed by atoms with Crippen molar-refractivity contribution in [3.05, 3.63) is 28.2 Å². The van der Waals surface area contributed by atoms with Crippen molar-refractivity contribution in [3.8, 4) is 5.75 Å². The standard InChI is InChI=1S/C14H22BrNOS/c1-4-7-16-13(10-18-3)9-11-8-12(15)5-6-14(11)17-2/h5-6,8,13,16H,4,7,9-10H2,1-3H3. The van der Waals surface area contributed by atoms with Crippen LogP contribution >= 0.6 is 27.7 Å². The van der Waals surface area contributed by atoms with Gasteiger partial charge in [0.15, 0.2) is 0 Å². The van der Waals surface area contributed by atoms with E-state index in [9.17, 15) is 0 Å². The van der Waals surface area contributed by atoms with Crippen LogP contribution in [-0.2, 0) is 6.42 Å². The molecular formula is C14H22BrNOS. The Bertz CT molecular complexity index is 360. The average Bonchev–Trinajstić information content (AvgIpc) is 2.36. The second kappa shape index (κ2) is 8.83. The number of rotatable bonds is 8. The van der Waals surface area contributed by atoms with E-state index in [4.69, 9.17) is 4.74 Å². The van der Waals surface area contributed by atoms with Crippen molar-refractivity contribution in [2.45, 2.75) is 25.8 Å². The Labute approximate surface area is 123 Å². The molecule has 0 aliphatic heterocycles. The van der Waals surface area contributed by atoms with Crippen LogP contribution in [0.15, 0.2) is 22.7 Å². The molecule has 4 heteroatoms. The number of thioether (sulfide) groups is 1. The molecule has 1 rings (SSSR count). The number of hydrogen-bond donors (Lipinski definition) is 1. The fourth-order valence-electron chi connectivity index (χ4n) is 1.91. The monoisotopic (exact) mass is 331 g/mol. The van der Waals surface area contributed by atoms with Gasteiger partial charge in [0.05, 0.1) is 7.11 Å². The van der Waals surface area contributed by atoms with Crippen LogP contribution in [0.4, 0.5) is 0 Å². The maximum atomic E-state index is 5.43. The van der Waals surface area contributed by atoms with E-state index in [1.165, 1.54) is 12.0 Å². The molecule has 18 heavy (non-hydrogen) atoms. The molecule has 0 saturated carbocycles. The van der Waals surface area contributed by atoms with Crippen LogP contribution in [0.2, 0.25) is 0 Å². The first-order valence-electron chi connectivity index (χ1n) is 6.26. The molecule has 0 aliphatic rings. The maximum Gasteiger partial charge on any atom is 0.122 e. The molecule has 1 aromatic carbocycles. The van der Waals surface area contributed by atoms with E-state index in [-0.39, 0.29) is 0 Å². The summed E-state index contributed by atoms with van der Waals surface area (Å²) in [7, 11) is 1.73. The largest absolute Gasteiger partial charge is 0.496 e. The highest BCUT2D eigenvalue weighted by molar-refractivity contribution is 9.10. The Morgan fingerprint density at radius 1 is 1.44 bits per heavy atom. The summed E-state index contributed by atoms with van der Waals surface area (Å²) in [5.41, 5.74) is 1.26. The van der Waals surface area contributed by atoms with E-state index in [1.807, 2.05) is 23.9 Å². The second-order valence-corrected chi connectivity index (χ2v) is 6.09. The summed E-state index contributed by atoms with van der Waals surface area (Å²) in [5, 5.41) is 3.60. The Morgan fingerprint density at radius 2 is 2.22 bits per heavy atom. The Kier molecular flexibility index (Phi) is 7.79. The van der Waals surface area contributed by atoms with Gasteiger partial charge in [-0.15, -0.1) is 0 Å². The van der Waals surface area contributed by atoms with Gasteiger partial charge in [-0.25, -0.2) is 0 Å². The van der Waals surface area contributed by atoms with Gasteiger partial charge in [-0.1, -0.05) is 22.9 Å². The maximum absolute atomic E-state index is 5.43. The highest BCUT2D eigenvalue weighted by atomic mass is 79.9. The van der Waals surface area contributed by atoms with Crippen molar-refractivity contribution in [2.24, 2.45) is 0 Å². The molecule has 0 aliphatic carbocycles. The quantitative estimate of drug-likeness (QED) is 0.784. The smallest absolute Gasteiger partial charge is 0.122 e. The van der Waals surface area contributed by atoms with Gasteiger partial charge < -0.3 is 10.1 Å². The van der Waals surface area contributed by atoms with Crippen LogP contribution in [0.3, 0.4) is 0 Å². The van der Waals surface area contributed by atoms with Gasteiger partial charge in [0.25, 0.3) is 0 Å². The fourth-order valence-corrected chi connectivity index (χ4v) is 2.96. The molecule has 0 aromatic heterocycles. The third-order valence-electron chi connectivity index (χ3n) is 2.76. The molecule has 2 nitrogen and oxygen atoms in total. The highest BCUT2D eigenvalue weighted by Crippen LogP contribution is 2.24. The molecule has 1 atom stereocenters. The molecule has 1 aromatic rings. The highest BCUT2D eigenvalue weighted by Gasteiger charge is 2.12. The summed E-state index contributed by atoms with van der Waals surface area (Å²) in [6, 6.07) is 6.70. The number of ether oxygens (including phenoxy) is 1. The summed E-state index contributed by atoms with van der Waals surface area (Å²) in [6.45, 7) is 3.27. The Morgan fingerprint density at radius 3 is 2.83 bits per heavy atom. The van der Waals surface area contributed by atoms with Crippen molar-refractivity contribution in [1.82, 2.24) is 5.32 Å². The lowest BCUT2D eigenvalue weighted by Gasteiger charge is -2.19. The average molecular weight is 332 g/mol. The second-order valence-electron chi connectivity index (χ2n) is 4.27. The summed E-state index contributed by atoms with van der Waals surface area (Å²) >= 11 is 5.41. The van der Waals surface area contributed by atoms with Crippen LogP contribution in [0.25, 0.3) is 0 Å². The number of halogens is 1. The summed E-state index contributed by atoms with van der Waals surface area (Å²) in [6.07, 6.45) is 4.32. The minimum absolute atomic E-state index is 0.503. The van der Waals surface area contributed by atoms with E-state index in [0.717, 1.165) is 28.9 Å². The first-order valence-corrected chi connectivity index (χ1v) is 8.44. The van der Waals surface area contributed by atoms with E-state index in [1.54, 1.807) is 7.11 Å². The van der Waals surface area contributed by atoms with Gasteiger partial charge in [-0.3, -0.25) is 0 Å². The van der Waals surface area contributed by atoms with E-state index in [2.05, 4.69) is 40.5 Å². The molecule has 0 saturated heterocycles. The lowest BCUT2D eigenvalue weighted by Crippen LogP contribution is -2.34. The molecule has 0 amide bonds. The van der Waals surface area contributed by atoms with Crippen molar-refractivity contribution in [2.75, 3.05) is 25.7 Å². The van der Waals surface area contributed by atoms with Gasteiger partial charge in [-0.2, -0.15) is 11.8 Å². The number of nitrogens with one attached hydrogen (secondary N) is 1. The molecule has 1 unspecified atom stereocenters. The van der Waals surface area contributed by atoms with Gasteiger partial charge in [0.2, 0.25) is 0 Å². The number of hydrogen-bond acceptors (Lipinski definition) is 3.